The fraction of sp³-hybridized carbons (Fsp3) is 0.182. The van der Waals surface area contributed by atoms with Crippen molar-refractivity contribution in [1.29, 1.82) is 0 Å². The molecule has 0 aromatic heterocycles. The normalized spacial score (nSPS) is 10.3. The second-order valence-electron chi connectivity index (χ2n) is 6.13. The van der Waals surface area contributed by atoms with E-state index in [0.717, 1.165) is 12.2 Å². The van der Waals surface area contributed by atoms with Gasteiger partial charge >= 0.3 is 11.9 Å². The average molecular weight is 410 g/mol. The Labute approximate surface area is 174 Å². The summed E-state index contributed by atoms with van der Waals surface area (Å²) >= 11 is 0. The van der Waals surface area contributed by atoms with Crippen molar-refractivity contribution in [2.75, 3.05) is 37.1 Å². The molecule has 0 aliphatic carbocycles. The van der Waals surface area contributed by atoms with Gasteiger partial charge in [0, 0.05) is 37.6 Å². The number of para-hydroxylation sites is 2. The molecule has 8 heteroatoms. The maximum Gasteiger partial charge on any atom is 0.331 e. The molecule has 2 rings (SSSR count). The van der Waals surface area contributed by atoms with E-state index in [9.17, 15) is 19.2 Å². The summed E-state index contributed by atoms with van der Waals surface area (Å²) in [4.78, 5) is 50.1. The topological polar surface area (TPSA) is 93.2 Å². The van der Waals surface area contributed by atoms with Crippen LogP contribution in [0.2, 0.25) is 0 Å². The predicted octanol–water partition coefficient (Wildman–Crippen LogP) is 1.96. The van der Waals surface area contributed by atoms with Crippen LogP contribution in [0, 0.1) is 0 Å². The minimum Gasteiger partial charge on any atom is -0.452 e. The number of nitrogens with zero attached hydrogens (tertiary/aromatic N) is 2. The van der Waals surface area contributed by atoms with E-state index in [1.165, 1.54) is 9.80 Å². The number of carbonyl (C=O) groups excluding carboxylic acids is 4. The highest BCUT2D eigenvalue weighted by molar-refractivity contribution is 5.98. The molecule has 0 bridgehead atoms. The van der Waals surface area contributed by atoms with Crippen LogP contribution >= 0.6 is 0 Å². The summed E-state index contributed by atoms with van der Waals surface area (Å²) in [5.41, 5.74) is 1.31. The van der Waals surface area contributed by atoms with Crippen molar-refractivity contribution in [3.05, 3.63) is 72.8 Å². The molecule has 0 spiro atoms. The van der Waals surface area contributed by atoms with Crippen molar-refractivity contribution < 1.29 is 28.7 Å². The lowest BCUT2D eigenvalue weighted by atomic mass is 10.3. The van der Waals surface area contributed by atoms with Gasteiger partial charge in [-0.15, -0.1) is 0 Å². The van der Waals surface area contributed by atoms with Crippen molar-refractivity contribution in [2.45, 2.75) is 0 Å². The van der Waals surface area contributed by atoms with E-state index >= 15 is 0 Å². The number of rotatable bonds is 8. The molecule has 0 saturated carbocycles. The van der Waals surface area contributed by atoms with E-state index in [-0.39, 0.29) is 0 Å². The van der Waals surface area contributed by atoms with Crippen LogP contribution in [0.1, 0.15) is 0 Å². The third-order valence-electron chi connectivity index (χ3n) is 4.07. The standard InChI is InChI=1S/C22H22N2O6/c1-23(17-9-5-3-6-10-17)19(25)15-29-21(27)13-14-22(28)30-16-20(26)24(2)18-11-7-4-8-12-18/h3-14H,15-16H2,1-2H3/b14-13+. The van der Waals surface area contributed by atoms with Crippen molar-refractivity contribution >= 4 is 35.1 Å². The Morgan fingerprint density at radius 3 is 1.33 bits per heavy atom. The van der Waals surface area contributed by atoms with Crippen molar-refractivity contribution in [3.63, 3.8) is 0 Å². The van der Waals surface area contributed by atoms with Crippen LogP contribution < -0.4 is 9.80 Å². The van der Waals surface area contributed by atoms with Crippen molar-refractivity contribution in [3.8, 4) is 0 Å². The molecule has 30 heavy (non-hydrogen) atoms. The van der Waals surface area contributed by atoms with Gasteiger partial charge < -0.3 is 19.3 Å². The fourth-order valence-electron chi connectivity index (χ4n) is 2.28. The van der Waals surface area contributed by atoms with Gasteiger partial charge in [0.1, 0.15) is 0 Å². The molecule has 0 aliphatic heterocycles. The zero-order valence-corrected chi connectivity index (χ0v) is 16.7. The van der Waals surface area contributed by atoms with E-state index in [1.807, 2.05) is 12.1 Å². The second-order valence-corrected chi connectivity index (χ2v) is 6.13. The monoisotopic (exact) mass is 410 g/mol. The van der Waals surface area contributed by atoms with Crippen LogP contribution in [-0.2, 0) is 28.7 Å². The van der Waals surface area contributed by atoms with Crippen LogP contribution in [0.25, 0.3) is 0 Å². The quantitative estimate of drug-likeness (QED) is 0.488. The molecule has 2 aromatic carbocycles. The van der Waals surface area contributed by atoms with Gasteiger partial charge in [0.05, 0.1) is 0 Å². The van der Waals surface area contributed by atoms with Gasteiger partial charge in [0.15, 0.2) is 13.2 Å². The van der Waals surface area contributed by atoms with Gasteiger partial charge in [0.2, 0.25) is 0 Å². The highest BCUT2D eigenvalue weighted by Gasteiger charge is 2.14. The molecule has 0 radical (unpaired) electrons. The molecule has 8 nitrogen and oxygen atoms in total. The van der Waals surface area contributed by atoms with E-state index in [0.29, 0.717) is 11.4 Å². The number of hydrogen-bond acceptors (Lipinski definition) is 6. The maximum atomic E-state index is 12.0. The highest BCUT2D eigenvalue weighted by Crippen LogP contribution is 2.12. The van der Waals surface area contributed by atoms with Gasteiger partial charge in [0.25, 0.3) is 11.8 Å². The van der Waals surface area contributed by atoms with Crippen molar-refractivity contribution in [1.82, 2.24) is 0 Å². The van der Waals surface area contributed by atoms with Gasteiger partial charge in [-0.25, -0.2) is 9.59 Å². The van der Waals surface area contributed by atoms with Crippen LogP contribution in [0.5, 0.6) is 0 Å². The number of ether oxygens (including phenoxy) is 2. The molecule has 0 unspecified atom stereocenters. The summed E-state index contributed by atoms with van der Waals surface area (Å²) in [6.07, 6.45) is 1.67. The van der Waals surface area contributed by atoms with Gasteiger partial charge in [-0.2, -0.15) is 0 Å². The number of likely N-dealkylation sites (N-methyl/N-ethyl adjacent to an activating group) is 2. The highest BCUT2D eigenvalue weighted by atomic mass is 16.5. The first-order valence-electron chi connectivity index (χ1n) is 9.03. The zero-order chi connectivity index (χ0) is 21.9. The van der Waals surface area contributed by atoms with Gasteiger partial charge in [-0.1, -0.05) is 36.4 Å². The summed E-state index contributed by atoms with van der Waals surface area (Å²) in [7, 11) is 3.12. The Balaban J connectivity index is 1.73. The number of anilines is 2. The molecule has 2 amide bonds. The Hall–Kier alpha value is -3.94. The minimum absolute atomic E-state index is 0.430. The van der Waals surface area contributed by atoms with E-state index in [1.54, 1.807) is 62.6 Å². The lowest BCUT2D eigenvalue weighted by molar-refractivity contribution is -0.144. The smallest absolute Gasteiger partial charge is 0.331 e. The summed E-state index contributed by atoms with van der Waals surface area (Å²) in [6, 6.07) is 17.7. The van der Waals surface area contributed by atoms with Gasteiger partial charge in [-0.05, 0) is 24.3 Å². The summed E-state index contributed by atoms with van der Waals surface area (Å²) in [6.45, 7) is -0.964. The summed E-state index contributed by atoms with van der Waals surface area (Å²) in [5, 5.41) is 0. The Kier molecular flexibility index (Phi) is 8.31. The first kappa shape index (κ1) is 22.4. The summed E-state index contributed by atoms with van der Waals surface area (Å²) < 4.78 is 9.64. The molecule has 0 heterocycles. The number of carbonyl (C=O) groups is 4. The van der Waals surface area contributed by atoms with Crippen LogP contribution in [0.4, 0.5) is 11.4 Å². The number of esters is 2. The molecule has 2 aromatic rings. The third kappa shape index (κ3) is 6.90. The van der Waals surface area contributed by atoms with E-state index in [4.69, 9.17) is 9.47 Å². The van der Waals surface area contributed by atoms with E-state index in [2.05, 4.69) is 0 Å². The number of amides is 2. The lowest BCUT2D eigenvalue weighted by Crippen LogP contribution is -2.31. The Morgan fingerprint density at radius 1 is 0.667 bits per heavy atom. The molecular formula is C22H22N2O6. The SMILES string of the molecule is CN(C(=O)COC(=O)/C=C/C(=O)OCC(=O)N(C)c1ccccc1)c1ccccc1. The molecule has 0 atom stereocenters. The average Bonchev–Trinajstić information content (AvgIpc) is 2.79. The first-order valence-corrected chi connectivity index (χ1v) is 9.03. The minimum atomic E-state index is -0.880. The molecule has 0 fully saturated rings. The fourth-order valence-corrected chi connectivity index (χ4v) is 2.28. The second kappa shape index (κ2) is 11.2. The molecule has 0 saturated heterocycles. The first-order chi connectivity index (χ1) is 14.4. The van der Waals surface area contributed by atoms with Crippen LogP contribution in [0.15, 0.2) is 72.8 Å². The zero-order valence-electron chi connectivity index (χ0n) is 16.7. The van der Waals surface area contributed by atoms with E-state index < -0.39 is 37.0 Å². The lowest BCUT2D eigenvalue weighted by Gasteiger charge is -2.16. The largest absolute Gasteiger partial charge is 0.452 e. The Morgan fingerprint density at radius 2 is 1.00 bits per heavy atom. The number of benzene rings is 2. The maximum absolute atomic E-state index is 12.0. The molecule has 0 N–H and O–H groups in total. The number of hydrogen-bond donors (Lipinski definition) is 0. The molecule has 0 aliphatic rings. The predicted molar refractivity (Wildman–Crippen MR) is 111 cm³/mol. The van der Waals surface area contributed by atoms with Crippen molar-refractivity contribution in [2.24, 2.45) is 0 Å². The Bertz CT molecular complexity index is 836. The van der Waals surface area contributed by atoms with Gasteiger partial charge in [-0.3, -0.25) is 9.59 Å². The molecular weight excluding hydrogens is 388 g/mol. The molecule has 156 valence electrons. The third-order valence-corrected chi connectivity index (χ3v) is 4.07. The summed E-state index contributed by atoms with van der Waals surface area (Å²) in [5.74, 6) is -2.62. The van der Waals surface area contributed by atoms with Crippen LogP contribution in [0.3, 0.4) is 0 Å². The van der Waals surface area contributed by atoms with Crippen LogP contribution in [-0.4, -0.2) is 51.1 Å².